The molecule has 1 heterocycles. The number of carbonyl (C=O) groups excluding carboxylic acids is 1. The number of nitrogens with zero attached hydrogens (tertiary/aromatic N) is 3. The quantitative estimate of drug-likeness (QED) is 0.908. The monoisotopic (exact) mass is 300 g/mol. The van der Waals surface area contributed by atoms with Gasteiger partial charge < -0.3 is 10.4 Å². The first-order valence-electron chi connectivity index (χ1n) is 7.62. The molecule has 2 N–H and O–H groups in total. The number of amides is 1. The summed E-state index contributed by atoms with van der Waals surface area (Å²) in [6, 6.07) is 7.36. The number of nitrogens with one attached hydrogen (secondary N) is 1. The van der Waals surface area contributed by atoms with Gasteiger partial charge in [0.1, 0.15) is 12.7 Å². The van der Waals surface area contributed by atoms with E-state index in [2.05, 4.69) is 15.4 Å². The summed E-state index contributed by atoms with van der Waals surface area (Å²) in [5.41, 5.74) is 0.762. The molecule has 0 spiro atoms. The maximum Gasteiger partial charge on any atom is 0.227 e. The van der Waals surface area contributed by atoms with E-state index in [9.17, 15) is 9.90 Å². The standard InChI is InChI=1S/C16H20N4O2/c21-15(10-16(22)8-2-1-3-9-16)19-13-4-6-14(7-5-13)20-12-17-11-18-20/h4-7,11-12,22H,1-3,8-10H2,(H,19,21). The van der Waals surface area contributed by atoms with Crippen molar-refractivity contribution in [2.24, 2.45) is 0 Å². The molecule has 1 amide bonds. The zero-order chi connectivity index (χ0) is 15.4. The molecular weight excluding hydrogens is 280 g/mol. The topological polar surface area (TPSA) is 80.0 Å². The van der Waals surface area contributed by atoms with Crippen LogP contribution in [0.1, 0.15) is 38.5 Å². The highest BCUT2D eigenvalue weighted by Gasteiger charge is 2.31. The Morgan fingerprint density at radius 1 is 1.23 bits per heavy atom. The maximum atomic E-state index is 12.1. The highest BCUT2D eigenvalue weighted by molar-refractivity contribution is 5.91. The Labute approximate surface area is 129 Å². The summed E-state index contributed by atoms with van der Waals surface area (Å²) in [4.78, 5) is 16.0. The molecule has 2 aromatic rings. The fraction of sp³-hybridized carbons (Fsp3) is 0.438. The van der Waals surface area contributed by atoms with Crippen LogP contribution >= 0.6 is 0 Å². The van der Waals surface area contributed by atoms with Crippen molar-refractivity contribution >= 4 is 11.6 Å². The molecule has 1 aliphatic rings. The van der Waals surface area contributed by atoms with E-state index in [0.29, 0.717) is 18.5 Å². The summed E-state index contributed by atoms with van der Waals surface area (Å²) < 4.78 is 1.65. The third kappa shape index (κ3) is 3.51. The van der Waals surface area contributed by atoms with Gasteiger partial charge in [-0.25, -0.2) is 9.67 Å². The van der Waals surface area contributed by atoms with E-state index >= 15 is 0 Å². The molecule has 1 aromatic carbocycles. The molecule has 0 unspecified atom stereocenters. The molecule has 0 radical (unpaired) electrons. The number of anilines is 1. The number of hydrogen-bond donors (Lipinski definition) is 2. The lowest BCUT2D eigenvalue weighted by Crippen LogP contribution is -2.35. The third-order valence-corrected chi connectivity index (χ3v) is 4.11. The van der Waals surface area contributed by atoms with Crippen LogP contribution in [0.5, 0.6) is 0 Å². The molecule has 0 saturated heterocycles. The van der Waals surface area contributed by atoms with Crippen molar-refractivity contribution < 1.29 is 9.90 Å². The Kier molecular flexibility index (Phi) is 4.20. The van der Waals surface area contributed by atoms with Gasteiger partial charge in [-0.2, -0.15) is 5.10 Å². The second-order valence-electron chi connectivity index (χ2n) is 5.90. The SMILES string of the molecule is O=C(CC1(O)CCCCC1)Nc1ccc(-n2cncn2)cc1. The molecule has 6 heteroatoms. The van der Waals surface area contributed by atoms with E-state index in [1.165, 1.54) is 6.33 Å². The van der Waals surface area contributed by atoms with Gasteiger partial charge >= 0.3 is 0 Å². The van der Waals surface area contributed by atoms with Gasteiger partial charge in [0.05, 0.1) is 17.7 Å². The normalized spacial score (nSPS) is 17.1. The molecule has 1 aromatic heterocycles. The van der Waals surface area contributed by atoms with Gasteiger partial charge in [-0.1, -0.05) is 19.3 Å². The molecular formula is C16H20N4O2. The van der Waals surface area contributed by atoms with Crippen LogP contribution in [0, 0.1) is 0 Å². The van der Waals surface area contributed by atoms with E-state index in [0.717, 1.165) is 24.9 Å². The first-order chi connectivity index (χ1) is 10.6. The molecule has 6 nitrogen and oxygen atoms in total. The Bertz CT molecular complexity index is 616. The van der Waals surface area contributed by atoms with E-state index in [-0.39, 0.29) is 12.3 Å². The van der Waals surface area contributed by atoms with Gasteiger partial charge in [-0.3, -0.25) is 4.79 Å². The summed E-state index contributed by atoms with van der Waals surface area (Å²) >= 11 is 0. The van der Waals surface area contributed by atoms with Gasteiger partial charge in [-0.05, 0) is 37.1 Å². The maximum absolute atomic E-state index is 12.1. The van der Waals surface area contributed by atoms with Gasteiger partial charge in [0, 0.05) is 5.69 Å². The molecule has 3 rings (SSSR count). The van der Waals surface area contributed by atoms with Crippen LogP contribution in [-0.4, -0.2) is 31.4 Å². The molecule has 0 aliphatic heterocycles. The average Bonchev–Trinajstić information content (AvgIpc) is 3.02. The van der Waals surface area contributed by atoms with Crippen LogP contribution in [0.3, 0.4) is 0 Å². The molecule has 1 fully saturated rings. The highest BCUT2D eigenvalue weighted by atomic mass is 16.3. The highest BCUT2D eigenvalue weighted by Crippen LogP contribution is 2.31. The van der Waals surface area contributed by atoms with Crippen LogP contribution in [0.15, 0.2) is 36.9 Å². The van der Waals surface area contributed by atoms with Crippen LogP contribution in [0.25, 0.3) is 5.69 Å². The van der Waals surface area contributed by atoms with Crippen molar-refractivity contribution in [1.29, 1.82) is 0 Å². The van der Waals surface area contributed by atoms with Gasteiger partial charge in [0.25, 0.3) is 0 Å². The van der Waals surface area contributed by atoms with E-state index < -0.39 is 5.60 Å². The number of hydrogen-bond acceptors (Lipinski definition) is 4. The second kappa shape index (κ2) is 6.27. The number of benzene rings is 1. The summed E-state index contributed by atoms with van der Waals surface area (Å²) in [6.45, 7) is 0. The van der Waals surface area contributed by atoms with Gasteiger partial charge in [-0.15, -0.1) is 0 Å². The minimum atomic E-state index is -0.830. The first kappa shape index (κ1) is 14.7. The summed E-state index contributed by atoms with van der Waals surface area (Å²) in [7, 11) is 0. The zero-order valence-corrected chi connectivity index (χ0v) is 12.4. The minimum absolute atomic E-state index is 0.141. The molecule has 1 aliphatic carbocycles. The zero-order valence-electron chi connectivity index (χ0n) is 12.4. The van der Waals surface area contributed by atoms with Crippen LogP contribution < -0.4 is 5.32 Å². The molecule has 22 heavy (non-hydrogen) atoms. The second-order valence-corrected chi connectivity index (χ2v) is 5.90. The predicted molar refractivity (Wildman–Crippen MR) is 82.6 cm³/mol. The van der Waals surface area contributed by atoms with Crippen molar-refractivity contribution in [2.75, 3.05) is 5.32 Å². The van der Waals surface area contributed by atoms with Crippen LogP contribution in [0.2, 0.25) is 0 Å². The van der Waals surface area contributed by atoms with Gasteiger partial charge in [0.15, 0.2) is 0 Å². The number of rotatable bonds is 4. The van der Waals surface area contributed by atoms with Crippen LogP contribution in [-0.2, 0) is 4.79 Å². The molecule has 0 atom stereocenters. The van der Waals surface area contributed by atoms with Crippen molar-refractivity contribution in [2.45, 2.75) is 44.1 Å². The summed E-state index contributed by atoms with van der Waals surface area (Å²) in [6.07, 6.45) is 7.82. The van der Waals surface area contributed by atoms with Crippen molar-refractivity contribution in [3.05, 3.63) is 36.9 Å². The van der Waals surface area contributed by atoms with Crippen molar-refractivity contribution in [3.63, 3.8) is 0 Å². The number of aromatic nitrogens is 3. The fourth-order valence-corrected chi connectivity index (χ4v) is 2.93. The minimum Gasteiger partial charge on any atom is -0.389 e. The average molecular weight is 300 g/mol. The Morgan fingerprint density at radius 2 is 1.95 bits per heavy atom. The Morgan fingerprint density at radius 3 is 2.59 bits per heavy atom. The number of carbonyl (C=O) groups is 1. The summed E-state index contributed by atoms with van der Waals surface area (Å²) in [5.74, 6) is -0.141. The predicted octanol–water partition coefficient (Wildman–Crippen LogP) is 2.29. The molecule has 1 saturated carbocycles. The molecule has 116 valence electrons. The van der Waals surface area contributed by atoms with E-state index in [4.69, 9.17) is 0 Å². The Balaban J connectivity index is 1.59. The lowest BCUT2D eigenvalue weighted by molar-refractivity contribution is -0.122. The molecule has 0 bridgehead atoms. The number of aliphatic hydroxyl groups is 1. The van der Waals surface area contributed by atoms with E-state index in [1.54, 1.807) is 11.0 Å². The first-order valence-corrected chi connectivity index (χ1v) is 7.62. The van der Waals surface area contributed by atoms with Crippen LogP contribution in [0.4, 0.5) is 5.69 Å². The summed E-state index contributed by atoms with van der Waals surface area (Å²) in [5, 5.41) is 17.3. The van der Waals surface area contributed by atoms with E-state index in [1.807, 2.05) is 24.3 Å². The Hall–Kier alpha value is -2.21. The third-order valence-electron chi connectivity index (χ3n) is 4.11. The largest absolute Gasteiger partial charge is 0.389 e. The fourth-order valence-electron chi connectivity index (χ4n) is 2.93. The van der Waals surface area contributed by atoms with Crippen molar-refractivity contribution in [3.8, 4) is 5.69 Å². The lowest BCUT2D eigenvalue weighted by Gasteiger charge is -2.31. The van der Waals surface area contributed by atoms with Crippen molar-refractivity contribution in [1.82, 2.24) is 14.8 Å². The van der Waals surface area contributed by atoms with Gasteiger partial charge in [0.2, 0.25) is 5.91 Å². The smallest absolute Gasteiger partial charge is 0.227 e. The lowest BCUT2D eigenvalue weighted by atomic mass is 9.82.